The number of esters is 1. The fourth-order valence-electron chi connectivity index (χ4n) is 2.19. The number of hydrogen-bond acceptors (Lipinski definition) is 6. The van der Waals surface area contributed by atoms with E-state index in [1.165, 1.54) is 7.11 Å². The molecule has 23 heavy (non-hydrogen) atoms. The normalized spacial score (nSPS) is 22.0. The summed E-state index contributed by atoms with van der Waals surface area (Å²) in [5.41, 5.74) is 7.74. The van der Waals surface area contributed by atoms with Crippen LogP contribution in [0.15, 0.2) is 29.4 Å². The largest absolute Gasteiger partial charge is 0.432 e. The minimum Gasteiger partial charge on any atom is -0.432 e. The van der Waals surface area contributed by atoms with Gasteiger partial charge < -0.3 is 20.0 Å². The van der Waals surface area contributed by atoms with Crippen molar-refractivity contribution in [3.8, 4) is 0 Å². The monoisotopic (exact) mass is 320 g/mol. The molecule has 1 aromatic carbocycles. The van der Waals surface area contributed by atoms with E-state index >= 15 is 0 Å². The van der Waals surface area contributed by atoms with Crippen LogP contribution in [0.1, 0.15) is 31.9 Å². The van der Waals surface area contributed by atoms with Crippen molar-refractivity contribution in [2.24, 2.45) is 16.3 Å². The molecule has 6 nitrogen and oxygen atoms in total. The number of hydrogen-bond donors (Lipinski definition) is 1. The van der Waals surface area contributed by atoms with Gasteiger partial charge in [-0.25, -0.2) is 0 Å². The highest BCUT2D eigenvalue weighted by molar-refractivity contribution is 5.79. The Labute approximate surface area is 136 Å². The van der Waals surface area contributed by atoms with Gasteiger partial charge in [0, 0.05) is 0 Å². The lowest BCUT2D eigenvalue weighted by Crippen LogP contribution is -2.35. The lowest BCUT2D eigenvalue weighted by Gasteiger charge is -2.15. The predicted molar refractivity (Wildman–Crippen MR) is 86.9 cm³/mol. The van der Waals surface area contributed by atoms with Crippen LogP contribution in [0, 0.1) is 5.41 Å². The Bertz CT molecular complexity index is 563. The molecule has 0 unspecified atom stereocenters. The molecule has 1 fully saturated rings. The van der Waals surface area contributed by atoms with E-state index < -0.39 is 18.3 Å². The molecule has 0 spiro atoms. The molecule has 0 amide bonds. The summed E-state index contributed by atoms with van der Waals surface area (Å²) in [6.07, 6.45) is 1.49. The molecule has 1 aliphatic rings. The molecule has 0 aromatic heterocycles. The maximum Gasteiger partial charge on any atom is 0.325 e. The topological polar surface area (TPSA) is 86.4 Å². The van der Waals surface area contributed by atoms with Gasteiger partial charge in [0.05, 0.1) is 6.21 Å². The quantitative estimate of drug-likeness (QED) is 0.374. The minimum absolute atomic E-state index is 0.0470. The Balaban J connectivity index is 1.83. The second kappa shape index (κ2) is 7.10. The van der Waals surface area contributed by atoms with Crippen LogP contribution in [0.2, 0.25) is 0 Å². The lowest BCUT2D eigenvalue weighted by atomic mass is 9.92. The number of carbonyl (C=O) groups is 1. The van der Waals surface area contributed by atoms with Gasteiger partial charge in [-0.1, -0.05) is 50.2 Å². The fourth-order valence-corrected chi connectivity index (χ4v) is 2.19. The van der Waals surface area contributed by atoms with Gasteiger partial charge in [0.25, 0.3) is 0 Å². The number of benzene rings is 1. The van der Waals surface area contributed by atoms with E-state index in [-0.39, 0.29) is 11.5 Å². The van der Waals surface area contributed by atoms with Crippen molar-refractivity contribution in [1.29, 1.82) is 0 Å². The summed E-state index contributed by atoms with van der Waals surface area (Å²) in [5, 5.41) is 3.69. The third-order valence-electron chi connectivity index (χ3n) is 3.58. The van der Waals surface area contributed by atoms with Gasteiger partial charge >= 0.3 is 5.97 Å². The number of rotatable bonds is 6. The van der Waals surface area contributed by atoms with E-state index in [1.807, 2.05) is 45.0 Å². The zero-order valence-corrected chi connectivity index (χ0v) is 14.0. The molecular weight excluding hydrogens is 296 g/mol. The van der Waals surface area contributed by atoms with Crippen molar-refractivity contribution in [3.63, 3.8) is 0 Å². The second-order valence-corrected chi connectivity index (χ2v) is 6.70. The Morgan fingerprint density at radius 1 is 1.39 bits per heavy atom. The summed E-state index contributed by atoms with van der Waals surface area (Å²) in [5.74, 6) is -0.438. The smallest absolute Gasteiger partial charge is 0.325 e. The highest BCUT2D eigenvalue weighted by atomic mass is 16.8. The Hall–Kier alpha value is -1.92. The Kier molecular flexibility index (Phi) is 5.38. The summed E-state index contributed by atoms with van der Waals surface area (Å²) in [6.45, 7) is 6.12. The molecule has 0 aliphatic carbocycles. The summed E-state index contributed by atoms with van der Waals surface area (Å²) >= 11 is 0. The van der Waals surface area contributed by atoms with Crippen molar-refractivity contribution in [2.45, 2.75) is 45.6 Å². The molecule has 0 saturated carbocycles. The summed E-state index contributed by atoms with van der Waals surface area (Å²) in [6, 6.07) is 6.86. The maximum atomic E-state index is 12.0. The van der Waals surface area contributed by atoms with Crippen LogP contribution in [0.4, 0.5) is 0 Å². The first kappa shape index (κ1) is 17.4. The first-order valence-electron chi connectivity index (χ1n) is 7.58. The van der Waals surface area contributed by atoms with Crippen LogP contribution in [-0.2, 0) is 25.5 Å². The van der Waals surface area contributed by atoms with Crippen molar-refractivity contribution >= 4 is 12.2 Å². The van der Waals surface area contributed by atoms with Crippen LogP contribution in [-0.4, -0.2) is 37.7 Å². The van der Waals surface area contributed by atoms with E-state index in [1.54, 1.807) is 6.21 Å². The minimum atomic E-state index is -0.710. The predicted octanol–water partition coefficient (Wildman–Crippen LogP) is 1.85. The number of ether oxygens (including phenoxy) is 2. The van der Waals surface area contributed by atoms with Crippen LogP contribution in [0.5, 0.6) is 0 Å². The first-order valence-corrected chi connectivity index (χ1v) is 7.58. The SMILES string of the molecule is CON=Cc1ccc(C[C@H](N)C(=O)O[C@@H]2O[C@H]2C(C)(C)C)cc1. The van der Waals surface area contributed by atoms with Crippen molar-refractivity contribution in [3.05, 3.63) is 35.4 Å². The van der Waals surface area contributed by atoms with Gasteiger partial charge in [-0.05, 0) is 23.0 Å². The van der Waals surface area contributed by atoms with Gasteiger partial charge in [0.1, 0.15) is 19.3 Å². The van der Waals surface area contributed by atoms with E-state index in [0.29, 0.717) is 6.42 Å². The fraction of sp³-hybridized carbons (Fsp3) is 0.529. The average Bonchev–Trinajstić information content (AvgIpc) is 3.26. The van der Waals surface area contributed by atoms with Crippen LogP contribution >= 0.6 is 0 Å². The van der Waals surface area contributed by atoms with Gasteiger partial charge in [-0.15, -0.1) is 0 Å². The lowest BCUT2D eigenvalue weighted by molar-refractivity contribution is -0.150. The van der Waals surface area contributed by atoms with Crippen molar-refractivity contribution in [2.75, 3.05) is 7.11 Å². The third kappa shape index (κ3) is 5.04. The second-order valence-electron chi connectivity index (χ2n) is 6.70. The highest BCUT2D eigenvalue weighted by Crippen LogP contribution is 2.38. The zero-order valence-electron chi connectivity index (χ0n) is 14.0. The van der Waals surface area contributed by atoms with E-state index in [0.717, 1.165) is 11.1 Å². The molecule has 3 atom stereocenters. The third-order valence-corrected chi connectivity index (χ3v) is 3.58. The van der Waals surface area contributed by atoms with Crippen LogP contribution in [0.25, 0.3) is 0 Å². The summed E-state index contributed by atoms with van der Waals surface area (Å²) < 4.78 is 10.7. The van der Waals surface area contributed by atoms with Crippen molar-refractivity contribution in [1.82, 2.24) is 0 Å². The number of nitrogens with zero attached hydrogens (tertiary/aromatic N) is 1. The number of nitrogens with two attached hydrogens (primary N) is 1. The molecule has 1 aromatic rings. The highest BCUT2D eigenvalue weighted by Gasteiger charge is 2.50. The van der Waals surface area contributed by atoms with Gasteiger partial charge in [-0.2, -0.15) is 0 Å². The standard InChI is InChI=1S/C17H24N2O4/c1-17(2,3)14-16(22-14)23-15(20)13(18)9-11-5-7-12(8-6-11)10-19-21-4/h5-8,10,13-14,16H,9,18H2,1-4H3/t13-,14+,16-/m0/s1. The summed E-state index contributed by atoms with van der Waals surface area (Å²) in [4.78, 5) is 16.6. The molecular formula is C17H24N2O4. The molecule has 126 valence electrons. The summed E-state index contributed by atoms with van der Waals surface area (Å²) in [7, 11) is 1.49. The van der Waals surface area contributed by atoms with Crippen LogP contribution < -0.4 is 5.73 Å². The molecule has 1 aliphatic heterocycles. The Morgan fingerprint density at radius 2 is 2.04 bits per heavy atom. The average molecular weight is 320 g/mol. The molecule has 0 bridgehead atoms. The first-order chi connectivity index (χ1) is 10.8. The van der Waals surface area contributed by atoms with Crippen LogP contribution in [0.3, 0.4) is 0 Å². The molecule has 6 heteroatoms. The molecule has 0 radical (unpaired) electrons. The number of epoxide rings is 1. The van der Waals surface area contributed by atoms with Gasteiger partial charge in [-0.3, -0.25) is 4.79 Å². The maximum absolute atomic E-state index is 12.0. The van der Waals surface area contributed by atoms with Gasteiger partial charge in [0.15, 0.2) is 0 Å². The van der Waals surface area contributed by atoms with E-state index in [4.69, 9.17) is 15.2 Å². The van der Waals surface area contributed by atoms with E-state index in [9.17, 15) is 4.79 Å². The molecule has 2 rings (SSSR count). The zero-order chi connectivity index (χ0) is 17.0. The number of carbonyl (C=O) groups excluding carboxylic acids is 1. The van der Waals surface area contributed by atoms with Crippen molar-refractivity contribution < 1.29 is 19.1 Å². The number of oxime groups is 1. The molecule has 2 N–H and O–H groups in total. The van der Waals surface area contributed by atoms with E-state index in [2.05, 4.69) is 9.99 Å². The molecule has 1 saturated heterocycles. The molecule has 1 heterocycles. The van der Waals surface area contributed by atoms with Gasteiger partial charge in [0.2, 0.25) is 6.29 Å². The Morgan fingerprint density at radius 3 is 2.57 bits per heavy atom.